The highest BCUT2D eigenvalue weighted by atomic mass is 16.5. The third-order valence-electron chi connectivity index (χ3n) is 1.68. The van der Waals surface area contributed by atoms with Crippen molar-refractivity contribution >= 4 is 6.47 Å². The Morgan fingerprint density at radius 1 is 1.13 bits per heavy atom. The van der Waals surface area contributed by atoms with Gasteiger partial charge >= 0.3 is 6.47 Å². The average molecular weight is 209 g/mol. The molecule has 0 atom stereocenters. The van der Waals surface area contributed by atoms with Crippen LogP contribution < -0.4 is 14.2 Å². The smallest absolute Gasteiger partial charge is 0.423 e. The Morgan fingerprint density at radius 3 is 2.47 bits per heavy atom. The van der Waals surface area contributed by atoms with E-state index in [4.69, 9.17) is 9.47 Å². The predicted molar refractivity (Wildman–Crippen MR) is 55.1 cm³/mol. The van der Waals surface area contributed by atoms with Gasteiger partial charge in [-0.25, -0.2) is 4.79 Å². The molecule has 81 valence electrons. The van der Waals surface area contributed by atoms with Crippen LogP contribution in [0.1, 0.15) is 13.8 Å². The van der Waals surface area contributed by atoms with Crippen LogP contribution in [0.25, 0.3) is 0 Å². The maximum absolute atomic E-state index is 10.2. The second-order valence-electron chi connectivity index (χ2n) is 2.66. The van der Waals surface area contributed by atoms with Crippen molar-refractivity contribution in [3.63, 3.8) is 0 Å². The molecule has 15 heavy (non-hydrogen) atoms. The van der Waals surface area contributed by atoms with Gasteiger partial charge in [0.1, 0.15) is 5.75 Å². The summed E-state index contributed by atoms with van der Waals surface area (Å²) >= 11 is 0. The lowest BCUT2D eigenvalue weighted by Crippen LogP contribution is -1.98. The fourth-order valence-corrected chi connectivity index (χ4v) is 1.14. The largest absolute Gasteiger partial charge is 0.494 e. The summed E-state index contributed by atoms with van der Waals surface area (Å²) in [6, 6.07) is 5.05. The van der Waals surface area contributed by atoms with Gasteiger partial charge in [0, 0.05) is 6.07 Å². The third kappa shape index (κ3) is 3.16. The Labute approximate surface area is 88.8 Å². The molecule has 0 N–H and O–H groups in total. The first-order chi connectivity index (χ1) is 7.31. The van der Waals surface area contributed by atoms with Crippen LogP contribution >= 0.6 is 0 Å². The molecule has 0 aliphatic heterocycles. The van der Waals surface area contributed by atoms with E-state index in [2.05, 4.69) is 4.74 Å². The van der Waals surface area contributed by atoms with Gasteiger partial charge in [-0.1, -0.05) is 0 Å². The van der Waals surface area contributed by atoms with Crippen molar-refractivity contribution < 1.29 is 19.0 Å². The average Bonchev–Trinajstić information content (AvgIpc) is 2.23. The lowest BCUT2D eigenvalue weighted by molar-refractivity contribution is 0.316. The van der Waals surface area contributed by atoms with E-state index in [9.17, 15) is 4.79 Å². The zero-order valence-electron chi connectivity index (χ0n) is 8.78. The molecule has 4 nitrogen and oxygen atoms in total. The fourth-order valence-electron chi connectivity index (χ4n) is 1.14. The lowest BCUT2D eigenvalue weighted by Gasteiger charge is -2.09. The molecule has 0 saturated heterocycles. The number of hydrogen-bond donors (Lipinski definition) is 0. The van der Waals surface area contributed by atoms with Crippen molar-refractivity contribution in [1.82, 2.24) is 0 Å². The van der Waals surface area contributed by atoms with Crippen molar-refractivity contribution in [2.45, 2.75) is 13.8 Å². The minimum Gasteiger partial charge on any atom is -0.494 e. The van der Waals surface area contributed by atoms with E-state index in [-0.39, 0.29) is 0 Å². The molecular weight excluding hydrogens is 196 g/mol. The summed E-state index contributed by atoms with van der Waals surface area (Å²) in [5.74, 6) is 1.45. The van der Waals surface area contributed by atoms with Crippen molar-refractivity contribution in [3.05, 3.63) is 18.2 Å². The molecule has 0 aliphatic rings. The van der Waals surface area contributed by atoms with Crippen molar-refractivity contribution in [2.24, 2.45) is 0 Å². The van der Waals surface area contributed by atoms with E-state index in [0.29, 0.717) is 30.5 Å². The van der Waals surface area contributed by atoms with E-state index < -0.39 is 0 Å². The summed E-state index contributed by atoms with van der Waals surface area (Å²) in [6.45, 7) is 6.15. The van der Waals surface area contributed by atoms with Gasteiger partial charge in [-0.2, -0.15) is 0 Å². The minimum absolute atomic E-state index is 0.317. The zero-order valence-corrected chi connectivity index (χ0v) is 8.78. The maximum atomic E-state index is 10.2. The second kappa shape index (κ2) is 5.90. The molecule has 0 spiro atoms. The summed E-state index contributed by atoms with van der Waals surface area (Å²) in [5.41, 5.74) is 0. The summed E-state index contributed by atoms with van der Waals surface area (Å²) in [6.07, 6.45) is 0. The molecule has 0 saturated carbocycles. The Kier molecular flexibility index (Phi) is 4.47. The van der Waals surface area contributed by atoms with Crippen molar-refractivity contribution in [3.8, 4) is 17.2 Å². The van der Waals surface area contributed by atoms with Gasteiger partial charge in [0.25, 0.3) is 0 Å². The highest BCUT2D eigenvalue weighted by molar-refractivity contribution is 5.53. The van der Waals surface area contributed by atoms with Crippen LogP contribution in [0, 0.1) is 0 Å². The maximum Gasteiger partial charge on any atom is 0.423 e. The third-order valence-corrected chi connectivity index (χ3v) is 1.68. The topological polar surface area (TPSA) is 44.8 Å². The van der Waals surface area contributed by atoms with Crippen LogP contribution in [0.2, 0.25) is 0 Å². The van der Waals surface area contributed by atoms with Crippen LogP contribution in [0.15, 0.2) is 18.2 Å². The van der Waals surface area contributed by atoms with Crippen LogP contribution in [0.5, 0.6) is 17.2 Å². The first kappa shape index (κ1) is 11.4. The summed E-state index contributed by atoms with van der Waals surface area (Å²) < 4.78 is 15.2. The molecule has 1 aromatic rings. The number of rotatable bonds is 6. The van der Waals surface area contributed by atoms with Gasteiger partial charge in [0.2, 0.25) is 0 Å². The second-order valence-corrected chi connectivity index (χ2v) is 2.66. The van der Waals surface area contributed by atoms with Gasteiger partial charge in [-0.3, -0.25) is 0 Å². The van der Waals surface area contributed by atoms with E-state index in [1.807, 2.05) is 13.8 Å². The summed E-state index contributed by atoms with van der Waals surface area (Å²) in [5, 5.41) is 0. The standard InChI is InChI=1S/C11H13O4/c1-3-13-9-5-6-10(14-4-2)11(7-9)15-8-12/h5-7H,3-4H2,1-2H3. The quantitative estimate of drug-likeness (QED) is 0.718. The van der Waals surface area contributed by atoms with Crippen LogP contribution in [-0.2, 0) is 4.79 Å². The van der Waals surface area contributed by atoms with Gasteiger partial charge in [0.15, 0.2) is 11.5 Å². The molecule has 1 rings (SSSR count). The van der Waals surface area contributed by atoms with Gasteiger partial charge in [0.05, 0.1) is 13.2 Å². The number of carbonyl (C=O) groups excluding carboxylic acids is 1. The molecule has 4 heteroatoms. The Bertz CT molecular complexity index is 322. The Morgan fingerprint density at radius 2 is 1.87 bits per heavy atom. The van der Waals surface area contributed by atoms with Crippen molar-refractivity contribution in [2.75, 3.05) is 13.2 Å². The molecule has 0 bridgehead atoms. The van der Waals surface area contributed by atoms with Gasteiger partial charge in [-0.15, -0.1) is 0 Å². The molecule has 0 aromatic heterocycles. The first-order valence-corrected chi connectivity index (χ1v) is 4.75. The number of hydrogen-bond acceptors (Lipinski definition) is 4. The van der Waals surface area contributed by atoms with E-state index >= 15 is 0 Å². The lowest BCUT2D eigenvalue weighted by atomic mass is 10.3. The van der Waals surface area contributed by atoms with Crippen LogP contribution in [0.3, 0.4) is 0 Å². The van der Waals surface area contributed by atoms with E-state index in [0.717, 1.165) is 0 Å². The molecule has 0 aliphatic carbocycles. The first-order valence-electron chi connectivity index (χ1n) is 4.75. The summed E-state index contributed by atoms with van der Waals surface area (Å²) in [4.78, 5) is 10.2. The molecule has 0 unspecified atom stereocenters. The molecule has 0 amide bonds. The highest BCUT2D eigenvalue weighted by Gasteiger charge is 2.07. The van der Waals surface area contributed by atoms with Gasteiger partial charge < -0.3 is 14.2 Å². The SMILES string of the molecule is CCOc1ccc(OCC)c(O[C]=O)c1. The minimum atomic E-state index is 0.317. The zero-order chi connectivity index (χ0) is 11.1. The van der Waals surface area contributed by atoms with E-state index in [1.165, 1.54) is 6.47 Å². The molecular formula is C11H13O4. The Balaban J connectivity index is 2.91. The molecule has 1 radical (unpaired) electrons. The predicted octanol–water partition coefficient (Wildman–Crippen LogP) is 1.93. The van der Waals surface area contributed by atoms with Crippen molar-refractivity contribution in [1.29, 1.82) is 0 Å². The molecule has 0 heterocycles. The fraction of sp³-hybridized carbons (Fsp3) is 0.364. The molecule has 0 fully saturated rings. The monoisotopic (exact) mass is 209 g/mol. The van der Waals surface area contributed by atoms with Crippen LogP contribution in [-0.4, -0.2) is 19.7 Å². The number of benzene rings is 1. The van der Waals surface area contributed by atoms with Gasteiger partial charge in [-0.05, 0) is 26.0 Å². The number of ether oxygens (including phenoxy) is 3. The normalized spacial score (nSPS) is 9.47. The summed E-state index contributed by atoms with van der Waals surface area (Å²) in [7, 11) is 0. The highest BCUT2D eigenvalue weighted by Crippen LogP contribution is 2.31. The Hall–Kier alpha value is -1.71. The van der Waals surface area contributed by atoms with E-state index in [1.54, 1.807) is 18.2 Å². The van der Waals surface area contributed by atoms with Crippen LogP contribution in [0.4, 0.5) is 0 Å². The molecule has 1 aromatic carbocycles.